The molecule has 204 valence electrons. The predicted octanol–water partition coefficient (Wildman–Crippen LogP) is 5.78. The number of nitrogens with zero attached hydrogens (tertiary/aromatic N) is 2. The number of amides is 1. The van der Waals surface area contributed by atoms with Crippen LogP contribution >= 0.6 is 0 Å². The van der Waals surface area contributed by atoms with Crippen LogP contribution in [-0.4, -0.2) is 52.8 Å². The first-order valence-electron chi connectivity index (χ1n) is 13.8. The van der Waals surface area contributed by atoms with Gasteiger partial charge >= 0.3 is 0 Å². The summed E-state index contributed by atoms with van der Waals surface area (Å²) in [4.78, 5) is 15.0. The Morgan fingerprint density at radius 1 is 1.00 bits per heavy atom. The zero-order valence-electron chi connectivity index (χ0n) is 22.7. The summed E-state index contributed by atoms with van der Waals surface area (Å²) in [5.74, 6) is -0.787. The molecule has 1 unspecified atom stereocenters. The SMILES string of the molecule is C[C@@H]1CN(Cc2ccc(/C=C/c3n[nH]c4cc(/C=C5/C(=O)NCC5c5ccccc5F)ccc34)cc2)C[C@H](C)O1. The van der Waals surface area contributed by atoms with Crippen molar-refractivity contribution in [1.29, 1.82) is 0 Å². The number of aromatic nitrogens is 2. The lowest BCUT2D eigenvalue weighted by molar-refractivity contribution is -0.116. The van der Waals surface area contributed by atoms with E-state index in [0.717, 1.165) is 47.4 Å². The molecule has 0 bridgehead atoms. The maximum atomic E-state index is 14.4. The van der Waals surface area contributed by atoms with Crippen LogP contribution in [0.3, 0.4) is 0 Å². The van der Waals surface area contributed by atoms with E-state index in [-0.39, 0.29) is 29.9 Å². The summed E-state index contributed by atoms with van der Waals surface area (Å²) in [5.41, 5.74) is 6.07. The van der Waals surface area contributed by atoms with Gasteiger partial charge in [-0.05, 0) is 66.5 Å². The van der Waals surface area contributed by atoms with Gasteiger partial charge in [-0.1, -0.05) is 54.6 Å². The Kier molecular flexibility index (Phi) is 7.32. The lowest BCUT2D eigenvalue weighted by Gasteiger charge is -2.35. The van der Waals surface area contributed by atoms with Gasteiger partial charge in [0.25, 0.3) is 0 Å². The Bertz CT molecular complexity index is 1580. The highest BCUT2D eigenvalue weighted by atomic mass is 19.1. The van der Waals surface area contributed by atoms with Gasteiger partial charge in [0.1, 0.15) is 5.82 Å². The highest BCUT2D eigenvalue weighted by Crippen LogP contribution is 2.32. The number of morpholine rings is 1. The number of ether oxygens (including phenoxy) is 1. The molecule has 2 saturated heterocycles. The van der Waals surface area contributed by atoms with Crippen LogP contribution < -0.4 is 5.32 Å². The number of carbonyl (C=O) groups is 1. The minimum absolute atomic E-state index is 0.165. The topological polar surface area (TPSA) is 70.2 Å². The monoisotopic (exact) mass is 536 g/mol. The van der Waals surface area contributed by atoms with Crippen molar-refractivity contribution in [2.24, 2.45) is 0 Å². The Hall–Kier alpha value is -4.07. The van der Waals surface area contributed by atoms with Crippen molar-refractivity contribution >= 4 is 35.0 Å². The van der Waals surface area contributed by atoms with E-state index < -0.39 is 0 Å². The summed E-state index contributed by atoms with van der Waals surface area (Å²) >= 11 is 0. The second-order valence-corrected chi connectivity index (χ2v) is 10.8. The van der Waals surface area contributed by atoms with E-state index in [1.165, 1.54) is 11.6 Å². The predicted molar refractivity (Wildman–Crippen MR) is 157 cm³/mol. The fourth-order valence-electron chi connectivity index (χ4n) is 5.80. The molecule has 2 N–H and O–H groups in total. The zero-order valence-corrected chi connectivity index (χ0v) is 22.7. The van der Waals surface area contributed by atoms with Crippen molar-refractivity contribution < 1.29 is 13.9 Å². The highest BCUT2D eigenvalue weighted by molar-refractivity contribution is 6.02. The number of aromatic amines is 1. The summed E-state index contributed by atoms with van der Waals surface area (Å²) in [5, 5.41) is 11.5. The molecule has 0 spiro atoms. The molecule has 2 aliphatic heterocycles. The molecule has 3 atom stereocenters. The number of fused-ring (bicyclic) bond motifs is 1. The number of hydrogen-bond acceptors (Lipinski definition) is 4. The molecule has 0 saturated carbocycles. The van der Waals surface area contributed by atoms with Crippen LogP contribution in [0.5, 0.6) is 0 Å². The van der Waals surface area contributed by atoms with Crippen LogP contribution in [0.4, 0.5) is 4.39 Å². The van der Waals surface area contributed by atoms with Gasteiger partial charge in [-0.3, -0.25) is 14.8 Å². The summed E-state index contributed by atoms with van der Waals surface area (Å²) in [6.45, 7) is 7.48. The summed E-state index contributed by atoms with van der Waals surface area (Å²) in [7, 11) is 0. The standard InChI is InChI=1S/C33H33FN4O2/c1-21-18-38(19-22(2)40-21)20-24-9-7-23(8-10-24)12-14-31-27-13-11-25(16-32(27)37-36-31)15-28-29(17-35-33(28)39)26-5-3-4-6-30(26)34/h3-16,21-22,29H,17-20H2,1-2H3,(H,35,39)(H,36,37)/b14-12+,28-15+/t21-,22+,29?. The molecule has 2 fully saturated rings. The number of nitrogens with one attached hydrogen (secondary N) is 2. The van der Waals surface area contributed by atoms with E-state index in [1.807, 2.05) is 30.4 Å². The van der Waals surface area contributed by atoms with Crippen LogP contribution in [0.2, 0.25) is 0 Å². The molecule has 0 radical (unpaired) electrons. The lowest BCUT2D eigenvalue weighted by atomic mass is 9.91. The lowest BCUT2D eigenvalue weighted by Crippen LogP contribution is -2.44. The first-order valence-corrected chi connectivity index (χ1v) is 13.8. The quantitative estimate of drug-likeness (QED) is 0.307. The van der Waals surface area contributed by atoms with E-state index in [0.29, 0.717) is 17.7 Å². The van der Waals surface area contributed by atoms with E-state index in [1.54, 1.807) is 18.2 Å². The molecule has 4 aromatic rings. The van der Waals surface area contributed by atoms with Crippen molar-refractivity contribution in [3.05, 3.63) is 106 Å². The second kappa shape index (κ2) is 11.2. The van der Waals surface area contributed by atoms with E-state index in [4.69, 9.17) is 4.74 Å². The number of hydrogen-bond donors (Lipinski definition) is 2. The zero-order chi connectivity index (χ0) is 27.6. The van der Waals surface area contributed by atoms with Crippen molar-refractivity contribution in [2.45, 2.75) is 38.5 Å². The highest BCUT2D eigenvalue weighted by Gasteiger charge is 2.31. The Labute approximate surface area is 233 Å². The largest absolute Gasteiger partial charge is 0.373 e. The van der Waals surface area contributed by atoms with Gasteiger partial charge < -0.3 is 10.1 Å². The van der Waals surface area contributed by atoms with Crippen molar-refractivity contribution in [1.82, 2.24) is 20.4 Å². The van der Waals surface area contributed by atoms with Crippen LogP contribution in [0, 0.1) is 5.82 Å². The number of benzene rings is 3. The van der Waals surface area contributed by atoms with Crippen LogP contribution in [0.15, 0.2) is 72.3 Å². The number of rotatable bonds is 6. The van der Waals surface area contributed by atoms with Gasteiger partial charge in [0.2, 0.25) is 5.91 Å². The Morgan fingerprint density at radius 2 is 1.75 bits per heavy atom. The third kappa shape index (κ3) is 5.62. The smallest absolute Gasteiger partial charge is 0.247 e. The number of carbonyl (C=O) groups excluding carboxylic acids is 1. The molecular weight excluding hydrogens is 503 g/mol. The maximum absolute atomic E-state index is 14.4. The minimum Gasteiger partial charge on any atom is -0.373 e. The van der Waals surface area contributed by atoms with Gasteiger partial charge in [0, 0.05) is 43.1 Å². The van der Waals surface area contributed by atoms with Crippen molar-refractivity contribution in [3.8, 4) is 0 Å². The van der Waals surface area contributed by atoms with Gasteiger partial charge in [0.05, 0.1) is 23.4 Å². The third-order valence-electron chi connectivity index (χ3n) is 7.64. The van der Waals surface area contributed by atoms with E-state index in [9.17, 15) is 9.18 Å². The normalized spacial score (nSPS) is 22.9. The molecule has 6 rings (SSSR count). The van der Waals surface area contributed by atoms with E-state index in [2.05, 4.69) is 64.6 Å². The van der Waals surface area contributed by atoms with E-state index >= 15 is 0 Å². The number of H-pyrrole nitrogens is 1. The first-order chi connectivity index (χ1) is 19.4. The maximum Gasteiger partial charge on any atom is 0.247 e. The van der Waals surface area contributed by atoms with Crippen LogP contribution in [0.1, 0.15) is 47.7 Å². The van der Waals surface area contributed by atoms with Crippen molar-refractivity contribution in [2.75, 3.05) is 19.6 Å². The molecule has 3 heterocycles. The molecule has 1 amide bonds. The van der Waals surface area contributed by atoms with Gasteiger partial charge in [0.15, 0.2) is 0 Å². The summed E-state index contributed by atoms with van der Waals surface area (Å²) < 4.78 is 20.3. The molecule has 0 aliphatic carbocycles. The fraction of sp³-hybridized carbons (Fsp3) is 0.273. The van der Waals surface area contributed by atoms with Gasteiger partial charge in [-0.25, -0.2) is 4.39 Å². The van der Waals surface area contributed by atoms with Crippen LogP contribution in [-0.2, 0) is 16.1 Å². The average Bonchev–Trinajstić information content (AvgIpc) is 3.51. The fourth-order valence-corrected chi connectivity index (χ4v) is 5.80. The van der Waals surface area contributed by atoms with Crippen LogP contribution in [0.25, 0.3) is 29.1 Å². The molecule has 40 heavy (non-hydrogen) atoms. The molecule has 7 heteroatoms. The van der Waals surface area contributed by atoms with Gasteiger partial charge in [-0.15, -0.1) is 0 Å². The molecule has 2 aliphatic rings. The average molecular weight is 537 g/mol. The van der Waals surface area contributed by atoms with Crippen molar-refractivity contribution in [3.63, 3.8) is 0 Å². The molecule has 6 nitrogen and oxygen atoms in total. The van der Waals surface area contributed by atoms with Gasteiger partial charge in [-0.2, -0.15) is 5.10 Å². The second-order valence-electron chi connectivity index (χ2n) is 10.8. The summed E-state index contributed by atoms with van der Waals surface area (Å²) in [6, 6.07) is 21.2. The molecular formula is C33H33FN4O2. The first kappa shape index (κ1) is 26.2. The summed E-state index contributed by atoms with van der Waals surface area (Å²) in [6.07, 6.45) is 6.45. The third-order valence-corrected chi connectivity index (χ3v) is 7.64. The number of halogens is 1. The Morgan fingerprint density at radius 3 is 2.52 bits per heavy atom. The minimum atomic E-state index is -0.322. The Balaban J connectivity index is 1.16. The molecule has 3 aromatic carbocycles. The molecule has 1 aromatic heterocycles.